The molecule has 1 aromatic rings. The van der Waals surface area contributed by atoms with E-state index in [4.69, 9.17) is 0 Å². The molecular weight excluding hydrogens is 318 g/mol. The van der Waals surface area contributed by atoms with Crippen LogP contribution in [0.4, 0.5) is 0 Å². The third-order valence-corrected chi connectivity index (χ3v) is 4.36. The second kappa shape index (κ2) is 7.27. The molecule has 0 aromatic carbocycles. The minimum atomic E-state index is 0.0408. The van der Waals surface area contributed by atoms with Gasteiger partial charge in [0.1, 0.15) is 5.69 Å². The van der Waals surface area contributed by atoms with Gasteiger partial charge in [0, 0.05) is 30.3 Å². The molecule has 1 aromatic heterocycles. The molecule has 0 radical (unpaired) electrons. The maximum atomic E-state index is 12.3. The van der Waals surface area contributed by atoms with Gasteiger partial charge in [-0.25, -0.2) is 0 Å². The monoisotopic (exact) mass is 341 g/mol. The van der Waals surface area contributed by atoms with Crippen LogP contribution in [0.2, 0.25) is 0 Å². The Bertz CT molecular complexity index is 458. The molecule has 0 bridgehead atoms. The summed E-state index contributed by atoms with van der Waals surface area (Å²) in [7, 11) is 0. The summed E-state index contributed by atoms with van der Waals surface area (Å²) in [5.41, 5.74) is 0.754. The molecule has 112 valence electrons. The first-order chi connectivity index (χ1) is 9.63. The van der Waals surface area contributed by atoms with E-state index in [9.17, 15) is 4.79 Å². The molecule has 2 rings (SSSR count). The van der Waals surface area contributed by atoms with Crippen molar-refractivity contribution < 1.29 is 4.79 Å². The minimum Gasteiger partial charge on any atom is -0.350 e. The first kappa shape index (κ1) is 15.6. The molecule has 1 fully saturated rings. The number of aryl methyl sites for hydroxylation is 1. The largest absolute Gasteiger partial charge is 0.350 e. The van der Waals surface area contributed by atoms with Crippen LogP contribution >= 0.6 is 15.9 Å². The lowest BCUT2D eigenvalue weighted by Gasteiger charge is -2.14. The molecule has 2 heterocycles. The van der Waals surface area contributed by atoms with E-state index in [0.29, 0.717) is 5.92 Å². The van der Waals surface area contributed by atoms with Gasteiger partial charge >= 0.3 is 0 Å². The van der Waals surface area contributed by atoms with Crippen LogP contribution in [0.5, 0.6) is 0 Å². The number of nitrogens with one attached hydrogen (secondary N) is 1. The molecule has 0 aliphatic carbocycles. The molecule has 1 unspecified atom stereocenters. The molecule has 4 nitrogen and oxygen atoms in total. The standard InChI is InChI=1S/C15H24BrN3O/c1-3-6-19-11-13(16)8-14(19)15(20)17-9-12-5-7-18(4-2)10-12/h8,11-12H,3-7,9-10H2,1-2H3,(H,17,20). The van der Waals surface area contributed by atoms with Crippen LogP contribution in [-0.2, 0) is 6.54 Å². The predicted molar refractivity (Wildman–Crippen MR) is 85.0 cm³/mol. The fraction of sp³-hybridized carbons (Fsp3) is 0.667. The first-order valence-electron chi connectivity index (χ1n) is 7.50. The van der Waals surface area contributed by atoms with Crippen LogP contribution in [0.3, 0.4) is 0 Å². The number of halogens is 1. The van der Waals surface area contributed by atoms with Gasteiger partial charge in [-0.05, 0) is 53.8 Å². The van der Waals surface area contributed by atoms with E-state index in [1.165, 1.54) is 6.42 Å². The van der Waals surface area contributed by atoms with Crippen LogP contribution < -0.4 is 5.32 Å². The summed E-state index contributed by atoms with van der Waals surface area (Å²) in [6.45, 7) is 9.34. The molecule has 1 aliphatic heterocycles. The second-order valence-corrected chi connectivity index (χ2v) is 6.41. The van der Waals surface area contributed by atoms with Crippen molar-refractivity contribution in [2.45, 2.75) is 33.2 Å². The lowest BCUT2D eigenvalue weighted by Crippen LogP contribution is -2.32. The summed E-state index contributed by atoms with van der Waals surface area (Å²) >= 11 is 3.45. The van der Waals surface area contributed by atoms with E-state index < -0.39 is 0 Å². The van der Waals surface area contributed by atoms with Crippen molar-refractivity contribution in [3.05, 3.63) is 22.4 Å². The summed E-state index contributed by atoms with van der Waals surface area (Å²) < 4.78 is 2.99. The lowest BCUT2D eigenvalue weighted by atomic mass is 10.1. The number of nitrogens with zero attached hydrogens (tertiary/aromatic N) is 2. The number of hydrogen-bond acceptors (Lipinski definition) is 2. The van der Waals surface area contributed by atoms with Gasteiger partial charge in [-0.3, -0.25) is 4.79 Å². The van der Waals surface area contributed by atoms with Crippen molar-refractivity contribution in [1.29, 1.82) is 0 Å². The summed E-state index contributed by atoms with van der Waals surface area (Å²) in [5.74, 6) is 0.635. The van der Waals surface area contributed by atoms with Gasteiger partial charge in [0.05, 0.1) is 0 Å². The van der Waals surface area contributed by atoms with E-state index in [2.05, 4.69) is 40.0 Å². The highest BCUT2D eigenvalue weighted by atomic mass is 79.9. The average Bonchev–Trinajstić information content (AvgIpc) is 3.03. The van der Waals surface area contributed by atoms with Gasteiger partial charge in [-0.2, -0.15) is 0 Å². The van der Waals surface area contributed by atoms with Crippen molar-refractivity contribution in [3.8, 4) is 0 Å². The molecule has 5 heteroatoms. The van der Waals surface area contributed by atoms with Crippen LogP contribution in [0.1, 0.15) is 37.2 Å². The molecular formula is C15H24BrN3O. The Hall–Kier alpha value is -0.810. The zero-order chi connectivity index (χ0) is 14.5. The normalized spacial score (nSPS) is 19.4. The quantitative estimate of drug-likeness (QED) is 0.863. The Labute approximate surface area is 129 Å². The number of rotatable bonds is 6. The van der Waals surface area contributed by atoms with Crippen molar-refractivity contribution in [2.24, 2.45) is 5.92 Å². The van der Waals surface area contributed by atoms with E-state index in [0.717, 1.165) is 49.3 Å². The maximum Gasteiger partial charge on any atom is 0.267 e. The molecule has 1 N–H and O–H groups in total. The Morgan fingerprint density at radius 3 is 2.95 bits per heavy atom. The fourth-order valence-electron chi connectivity index (χ4n) is 2.79. The zero-order valence-electron chi connectivity index (χ0n) is 12.4. The van der Waals surface area contributed by atoms with Gasteiger partial charge in [-0.1, -0.05) is 13.8 Å². The number of likely N-dealkylation sites (tertiary alicyclic amines) is 1. The van der Waals surface area contributed by atoms with E-state index in [1.54, 1.807) is 0 Å². The van der Waals surface area contributed by atoms with Gasteiger partial charge in [0.2, 0.25) is 0 Å². The highest BCUT2D eigenvalue weighted by Gasteiger charge is 2.22. The molecule has 1 saturated heterocycles. The Kier molecular flexibility index (Phi) is 5.66. The molecule has 20 heavy (non-hydrogen) atoms. The first-order valence-corrected chi connectivity index (χ1v) is 8.29. The van der Waals surface area contributed by atoms with Gasteiger partial charge in [0.25, 0.3) is 5.91 Å². The van der Waals surface area contributed by atoms with Gasteiger partial charge in [0.15, 0.2) is 0 Å². The summed E-state index contributed by atoms with van der Waals surface area (Å²) in [4.78, 5) is 14.7. The number of carbonyl (C=O) groups excluding carboxylic acids is 1. The number of amides is 1. The van der Waals surface area contributed by atoms with Crippen molar-refractivity contribution >= 4 is 21.8 Å². The van der Waals surface area contributed by atoms with Crippen molar-refractivity contribution in [2.75, 3.05) is 26.2 Å². The van der Waals surface area contributed by atoms with E-state index in [-0.39, 0.29) is 5.91 Å². The van der Waals surface area contributed by atoms with Crippen LogP contribution in [0.25, 0.3) is 0 Å². The summed E-state index contributed by atoms with van der Waals surface area (Å²) in [5, 5.41) is 3.09. The predicted octanol–water partition coefficient (Wildman–Crippen LogP) is 2.73. The molecule has 1 amide bonds. The minimum absolute atomic E-state index is 0.0408. The highest BCUT2D eigenvalue weighted by Crippen LogP contribution is 2.17. The van der Waals surface area contributed by atoms with E-state index >= 15 is 0 Å². The highest BCUT2D eigenvalue weighted by molar-refractivity contribution is 9.10. The van der Waals surface area contributed by atoms with E-state index in [1.807, 2.05) is 16.8 Å². The average molecular weight is 342 g/mol. The van der Waals surface area contributed by atoms with Crippen LogP contribution in [-0.4, -0.2) is 41.6 Å². The molecule has 1 aliphatic rings. The number of aromatic nitrogens is 1. The third-order valence-electron chi connectivity index (χ3n) is 3.93. The zero-order valence-corrected chi connectivity index (χ0v) is 13.9. The summed E-state index contributed by atoms with van der Waals surface area (Å²) in [6, 6.07) is 1.90. The fourth-order valence-corrected chi connectivity index (χ4v) is 3.25. The van der Waals surface area contributed by atoms with Gasteiger partial charge in [-0.15, -0.1) is 0 Å². The molecule has 0 spiro atoms. The summed E-state index contributed by atoms with van der Waals surface area (Å²) in [6.07, 6.45) is 4.19. The smallest absolute Gasteiger partial charge is 0.267 e. The van der Waals surface area contributed by atoms with Crippen LogP contribution in [0.15, 0.2) is 16.7 Å². The Morgan fingerprint density at radius 2 is 2.30 bits per heavy atom. The lowest BCUT2D eigenvalue weighted by molar-refractivity contribution is 0.0938. The second-order valence-electron chi connectivity index (χ2n) is 5.49. The molecule has 1 atom stereocenters. The van der Waals surface area contributed by atoms with Crippen LogP contribution in [0, 0.1) is 5.92 Å². The third kappa shape index (κ3) is 3.85. The van der Waals surface area contributed by atoms with Crippen molar-refractivity contribution in [3.63, 3.8) is 0 Å². The van der Waals surface area contributed by atoms with Crippen molar-refractivity contribution in [1.82, 2.24) is 14.8 Å². The molecule has 0 saturated carbocycles. The Morgan fingerprint density at radius 1 is 1.50 bits per heavy atom. The van der Waals surface area contributed by atoms with Gasteiger partial charge < -0.3 is 14.8 Å². The topological polar surface area (TPSA) is 37.3 Å². The maximum absolute atomic E-state index is 12.3. The Balaban J connectivity index is 1.89. The SMILES string of the molecule is CCCn1cc(Br)cc1C(=O)NCC1CCN(CC)C1. The number of carbonyl (C=O) groups is 1. The number of hydrogen-bond donors (Lipinski definition) is 1.